The first-order valence-corrected chi connectivity index (χ1v) is 6.76. The van der Waals surface area contributed by atoms with Crippen molar-refractivity contribution in [2.75, 3.05) is 11.9 Å². The summed E-state index contributed by atoms with van der Waals surface area (Å²) >= 11 is 0. The first kappa shape index (κ1) is 14.2. The number of nitro groups is 1. The zero-order valence-corrected chi connectivity index (χ0v) is 12.0. The van der Waals surface area contributed by atoms with Gasteiger partial charge in [0, 0.05) is 29.9 Å². The number of rotatable bonds is 5. The van der Waals surface area contributed by atoms with Crippen LogP contribution in [0.25, 0.3) is 10.9 Å². The summed E-state index contributed by atoms with van der Waals surface area (Å²) in [5.74, 6) is 1.11. The highest BCUT2D eigenvalue weighted by molar-refractivity contribution is 5.96. The summed E-state index contributed by atoms with van der Waals surface area (Å²) in [6.45, 7) is 7.38. The molecule has 0 bridgehead atoms. The van der Waals surface area contributed by atoms with E-state index in [-0.39, 0.29) is 5.69 Å². The third kappa shape index (κ3) is 2.87. The number of non-ortho nitro benzene ring substituents is 1. The largest absolute Gasteiger partial charge is 0.384 e. The Morgan fingerprint density at radius 1 is 1.30 bits per heavy atom. The van der Waals surface area contributed by atoms with Gasteiger partial charge < -0.3 is 5.32 Å². The van der Waals surface area contributed by atoms with E-state index in [9.17, 15) is 10.1 Å². The standard InChI is InChI=1S/C15H19N3O2/c1-10(2)11(3)9-17-13-6-7-14(18(19)20)15-12(13)5-4-8-16-15/h4-8,10-11,17H,9H2,1-3H3. The summed E-state index contributed by atoms with van der Waals surface area (Å²) in [5.41, 5.74) is 1.37. The molecule has 0 radical (unpaired) electrons. The van der Waals surface area contributed by atoms with Crippen molar-refractivity contribution in [3.05, 3.63) is 40.6 Å². The van der Waals surface area contributed by atoms with Crippen LogP contribution in [0, 0.1) is 22.0 Å². The molecule has 5 nitrogen and oxygen atoms in total. The summed E-state index contributed by atoms with van der Waals surface area (Å²) < 4.78 is 0. The number of aromatic nitrogens is 1. The van der Waals surface area contributed by atoms with Gasteiger partial charge >= 0.3 is 0 Å². The van der Waals surface area contributed by atoms with Gasteiger partial charge in [0.15, 0.2) is 0 Å². The number of benzene rings is 1. The van der Waals surface area contributed by atoms with E-state index in [0.29, 0.717) is 17.4 Å². The van der Waals surface area contributed by atoms with Crippen molar-refractivity contribution >= 4 is 22.3 Å². The second kappa shape index (κ2) is 5.86. The smallest absolute Gasteiger partial charge is 0.295 e. The van der Waals surface area contributed by atoms with Crippen LogP contribution in [0.5, 0.6) is 0 Å². The number of anilines is 1. The predicted molar refractivity (Wildman–Crippen MR) is 80.9 cm³/mol. The Labute approximate surface area is 118 Å². The molecule has 0 spiro atoms. The van der Waals surface area contributed by atoms with Gasteiger partial charge in [0.2, 0.25) is 0 Å². The number of fused-ring (bicyclic) bond motifs is 1. The molecular weight excluding hydrogens is 254 g/mol. The highest BCUT2D eigenvalue weighted by Gasteiger charge is 2.15. The Balaban J connectivity index is 2.36. The first-order chi connectivity index (χ1) is 9.50. The molecule has 2 rings (SSSR count). The van der Waals surface area contributed by atoms with Crippen molar-refractivity contribution in [1.82, 2.24) is 4.98 Å². The third-order valence-electron chi connectivity index (χ3n) is 3.70. The fourth-order valence-corrected chi connectivity index (χ4v) is 1.97. The maximum absolute atomic E-state index is 11.0. The van der Waals surface area contributed by atoms with E-state index in [1.165, 1.54) is 6.07 Å². The number of hydrogen-bond acceptors (Lipinski definition) is 4. The molecule has 1 aromatic carbocycles. The molecule has 1 aromatic heterocycles. The van der Waals surface area contributed by atoms with E-state index in [2.05, 4.69) is 31.1 Å². The topological polar surface area (TPSA) is 68.1 Å². The molecule has 1 atom stereocenters. The van der Waals surface area contributed by atoms with Gasteiger partial charge in [-0.3, -0.25) is 10.1 Å². The van der Waals surface area contributed by atoms with Crippen molar-refractivity contribution in [2.45, 2.75) is 20.8 Å². The quantitative estimate of drug-likeness (QED) is 0.663. The monoisotopic (exact) mass is 273 g/mol. The van der Waals surface area contributed by atoms with Crippen LogP contribution in [-0.2, 0) is 0 Å². The van der Waals surface area contributed by atoms with Crippen LogP contribution in [0.3, 0.4) is 0 Å². The highest BCUT2D eigenvalue weighted by Crippen LogP contribution is 2.29. The zero-order chi connectivity index (χ0) is 14.7. The van der Waals surface area contributed by atoms with Crippen LogP contribution in [-0.4, -0.2) is 16.5 Å². The first-order valence-electron chi connectivity index (χ1n) is 6.76. The minimum Gasteiger partial charge on any atom is -0.384 e. The van der Waals surface area contributed by atoms with Crippen LogP contribution in [0.4, 0.5) is 11.4 Å². The van der Waals surface area contributed by atoms with Gasteiger partial charge in [0.1, 0.15) is 5.52 Å². The molecule has 0 amide bonds. The lowest BCUT2D eigenvalue weighted by Crippen LogP contribution is -2.16. The van der Waals surface area contributed by atoms with E-state index in [0.717, 1.165) is 17.6 Å². The lowest BCUT2D eigenvalue weighted by atomic mass is 9.98. The molecular formula is C15H19N3O2. The van der Waals surface area contributed by atoms with E-state index in [1.807, 2.05) is 6.07 Å². The number of hydrogen-bond donors (Lipinski definition) is 1. The molecule has 0 aliphatic heterocycles. The number of nitrogens with zero attached hydrogens (tertiary/aromatic N) is 2. The molecule has 5 heteroatoms. The van der Waals surface area contributed by atoms with E-state index in [4.69, 9.17) is 0 Å². The van der Waals surface area contributed by atoms with Crippen molar-refractivity contribution in [3.8, 4) is 0 Å². The van der Waals surface area contributed by atoms with Crippen LogP contribution in [0.15, 0.2) is 30.5 Å². The van der Waals surface area contributed by atoms with Crippen LogP contribution >= 0.6 is 0 Å². The molecule has 0 saturated heterocycles. The third-order valence-corrected chi connectivity index (χ3v) is 3.70. The summed E-state index contributed by atoms with van der Waals surface area (Å²) in [6.07, 6.45) is 1.58. The molecule has 0 saturated carbocycles. The summed E-state index contributed by atoms with van der Waals surface area (Å²) in [7, 11) is 0. The molecule has 0 fully saturated rings. The van der Waals surface area contributed by atoms with Crippen molar-refractivity contribution in [2.24, 2.45) is 11.8 Å². The van der Waals surface area contributed by atoms with Crippen LogP contribution in [0.1, 0.15) is 20.8 Å². The SMILES string of the molecule is CC(C)C(C)CNc1ccc([N+](=O)[O-])c2ncccc12. The van der Waals surface area contributed by atoms with Crippen molar-refractivity contribution in [3.63, 3.8) is 0 Å². The second-order valence-corrected chi connectivity index (χ2v) is 5.39. The van der Waals surface area contributed by atoms with E-state index in [1.54, 1.807) is 18.3 Å². The van der Waals surface area contributed by atoms with Crippen LogP contribution < -0.4 is 5.32 Å². The average molecular weight is 273 g/mol. The van der Waals surface area contributed by atoms with Crippen molar-refractivity contribution < 1.29 is 4.92 Å². The van der Waals surface area contributed by atoms with E-state index < -0.39 is 4.92 Å². The van der Waals surface area contributed by atoms with Gasteiger partial charge in [-0.25, -0.2) is 4.98 Å². The van der Waals surface area contributed by atoms with Crippen LogP contribution in [0.2, 0.25) is 0 Å². The van der Waals surface area contributed by atoms with Gasteiger partial charge in [0.05, 0.1) is 4.92 Å². The summed E-state index contributed by atoms with van der Waals surface area (Å²) in [6, 6.07) is 6.92. The molecule has 106 valence electrons. The van der Waals surface area contributed by atoms with Gasteiger partial charge in [-0.2, -0.15) is 0 Å². The Bertz CT molecular complexity index is 626. The van der Waals surface area contributed by atoms with Gasteiger partial charge in [0.25, 0.3) is 5.69 Å². The maximum atomic E-state index is 11.0. The lowest BCUT2D eigenvalue weighted by Gasteiger charge is -2.17. The Morgan fingerprint density at radius 2 is 2.05 bits per heavy atom. The van der Waals surface area contributed by atoms with Gasteiger partial charge in [-0.15, -0.1) is 0 Å². The zero-order valence-electron chi connectivity index (χ0n) is 12.0. The molecule has 0 aliphatic rings. The molecule has 1 unspecified atom stereocenters. The fourth-order valence-electron chi connectivity index (χ4n) is 1.97. The molecule has 0 aliphatic carbocycles. The Kier molecular flexibility index (Phi) is 4.17. The number of nitrogens with one attached hydrogen (secondary N) is 1. The predicted octanol–water partition coefficient (Wildman–Crippen LogP) is 3.85. The summed E-state index contributed by atoms with van der Waals surface area (Å²) in [5, 5.41) is 15.2. The Hall–Kier alpha value is -2.17. The minimum absolute atomic E-state index is 0.0445. The maximum Gasteiger partial charge on any atom is 0.295 e. The average Bonchev–Trinajstić information content (AvgIpc) is 2.43. The van der Waals surface area contributed by atoms with Crippen molar-refractivity contribution in [1.29, 1.82) is 0 Å². The molecule has 1 heterocycles. The van der Waals surface area contributed by atoms with Gasteiger partial charge in [-0.05, 0) is 30.0 Å². The lowest BCUT2D eigenvalue weighted by molar-refractivity contribution is -0.383. The Morgan fingerprint density at radius 3 is 2.70 bits per heavy atom. The summed E-state index contributed by atoms with van der Waals surface area (Å²) in [4.78, 5) is 14.8. The molecule has 2 aromatic rings. The highest BCUT2D eigenvalue weighted by atomic mass is 16.6. The minimum atomic E-state index is -0.393. The second-order valence-electron chi connectivity index (χ2n) is 5.39. The number of pyridine rings is 1. The molecule has 1 N–H and O–H groups in total. The van der Waals surface area contributed by atoms with E-state index >= 15 is 0 Å². The van der Waals surface area contributed by atoms with Gasteiger partial charge in [-0.1, -0.05) is 20.8 Å². The fraction of sp³-hybridized carbons (Fsp3) is 0.400. The molecule has 20 heavy (non-hydrogen) atoms. The number of nitro benzene ring substituents is 1. The normalized spacial score (nSPS) is 12.6.